The predicted molar refractivity (Wildman–Crippen MR) is 93.5 cm³/mol. The summed E-state index contributed by atoms with van der Waals surface area (Å²) in [5.41, 5.74) is 1.74. The van der Waals surface area contributed by atoms with Crippen LogP contribution in [0.1, 0.15) is 22.6 Å². The highest BCUT2D eigenvalue weighted by molar-refractivity contribution is 5.96. The van der Waals surface area contributed by atoms with Crippen molar-refractivity contribution >= 4 is 23.5 Å². The number of rotatable bonds is 4. The number of hydrogen-bond donors (Lipinski definition) is 3. The topological polar surface area (TPSA) is 115 Å². The van der Waals surface area contributed by atoms with Crippen LogP contribution in [0.15, 0.2) is 36.7 Å². The average Bonchev–Trinajstić information content (AvgIpc) is 3.17. The van der Waals surface area contributed by atoms with Crippen LogP contribution in [-0.4, -0.2) is 50.8 Å². The average molecular weight is 356 g/mol. The Balaban J connectivity index is 1.74. The lowest BCUT2D eigenvalue weighted by Gasteiger charge is -2.35. The highest BCUT2D eigenvalue weighted by atomic mass is 16.4. The maximum absolute atomic E-state index is 12.6. The summed E-state index contributed by atoms with van der Waals surface area (Å²) in [6, 6.07) is 6.83. The number of hydrogen-bond acceptors (Lipinski definition) is 4. The molecular formula is C18H20N4O4. The van der Waals surface area contributed by atoms with Gasteiger partial charge >= 0.3 is 5.97 Å². The molecule has 1 aliphatic rings. The third-order valence-electron chi connectivity index (χ3n) is 4.47. The summed E-state index contributed by atoms with van der Waals surface area (Å²) < 4.78 is 0. The van der Waals surface area contributed by atoms with E-state index in [1.165, 1.54) is 4.90 Å². The molecule has 8 nitrogen and oxygen atoms in total. The molecule has 3 heterocycles. The van der Waals surface area contributed by atoms with Crippen LogP contribution in [-0.2, 0) is 9.59 Å². The Bertz CT molecular complexity index is 801. The van der Waals surface area contributed by atoms with Gasteiger partial charge in [0.1, 0.15) is 5.69 Å². The number of amides is 2. The number of aryl methyl sites for hydroxylation is 1. The molecule has 0 unspecified atom stereocenters. The number of carboxylic acids is 1. The van der Waals surface area contributed by atoms with Gasteiger partial charge in [0.2, 0.25) is 5.91 Å². The molecule has 0 aromatic carbocycles. The number of nitrogens with one attached hydrogen (secondary N) is 2. The molecule has 2 amide bonds. The van der Waals surface area contributed by atoms with Crippen molar-refractivity contribution in [1.82, 2.24) is 14.9 Å². The highest BCUT2D eigenvalue weighted by Crippen LogP contribution is 2.25. The molecular weight excluding hydrogens is 336 g/mol. The number of piperidine rings is 1. The molecule has 2 aromatic heterocycles. The van der Waals surface area contributed by atoms with E-state index in [0.717, 1.165) is 5.69 Å². The van der Waals surface area contributed by atoms with Crippen LogP contribution in [0.4, 0.5) is 5.69 Å². The van der Waals surface area contributed by atoms with Crippen molar-refractivity contribution in [3.05, 3.63) is 48.0 Å². The smallest absolute Gasteiger partial charge is 0.308 e. The van der Waals surface area contributed by atoms with Gasteiger partial charge in [0, 0.05) is 25.0 Å². The highest BCUT2D eigenvalue weighted by Gasteiger charge is 2.37. The second kappa shape index (κ2) is 7.38. The number of aromatic amines is 1. The summed E-state index contributed by atoms with van der Waals surface area (Å²) >= 11 is 0. The lowest BCUT2D eigenvalue weighted by atomic mass is 9.88. The first-order valence-electron chi connectivity index (χ1n) is 8.33. The maximum atomic E-state index is 12.6. The van der Waals surface area contributed by atoms with E-state index in [0.29, 0.717) is 11.4 Å². The van der Waals surface area contributed by atoms with Crippen molar-refractivity contribution in [2.24, 2.45) is 11.8 Å². The monoisotopic (exact) mass is 356 g/mol. The number of likely N-dealkylation sites (tertiary alicyclic amines) is 1. The van der Waals surface area contributed by atoms with E-state index < -0.39 is 17.8 Å². The lowest BCUT2D eigenvalue weighted by molar-refractivity contribution is -0.144. The minimum Gasteiger partial charge on any atom is -0.481 e. The molecule has 136 valence electrons. The van der Waals surface area contributed by atoms with Gasteiger partial charge in [-0.2, -0.15) is 0 Å². The predicted octanol–water partition coefficient (Wildman–Crippen LogP) is 1.52. The molecule has 2 atom stereocenters. The Labute approximate surface area is 150 Å². The number of carbonyl (C=O) groups is 3. The molecule has 3 N–H and O–H groups in total. The number of carboxylic acid groups (broad SMARTS) is 1. The Hall–Kier alpha value is -3.16. The minimum atomic E-state index is -1.01. The van der Waals surface area contributed by atoms with E-state index in [4.69, 9.17) is 0 Å². The van der Waals surface area contributed by atoms with Crippen LogP contribution in [0, 0.1) is 18.8 Å². The molecule has 1 fully saturated rings. The van der Waals surface area contributed by atoms with Gasteiger partial charge in [0.25, 0.3) is 5.91 Å². The molecule has 0 spiro atoms. The van der Waals surface area contributed by atoms with E-state index in [1.807, 2.05) is 6.92 Å². The largest absolute Gasteiger partial charge is 0.481 e. The van der Waals surface area contributed by atoms with Crippen LogP contribution >= 0.6 is 0 Å². The zero-order chi connectivity index (χ0) is 18.7. The van der Waals surface area contributed by atoms with Gasteiger partial charge in [0.15, 0.2) is 0 Å². The SMILES string of the molecule is Cc1ccc(NC(=O)[C@@H]2C[C@H](C(=O)O)CN(C(=O)c3ccc[nH]3)C2)cn1. The summed E-state index contributed by atoms with van der Waals surface area (Å²) in [6.07, 6.45) is 3.36. The number of aliphatic carboxylic acids is 1. The summed E-state index contributed by atoms with van der Waals surface area (Å²) in [4.78, 5) is 45.0. The third-order valence-corrected chi connectivity index (χ3v) is 4.47. The van der Waals surface area contributed by atoms with Crippen LogP contribution in [0.5, 0.6) is 0 Å². The van der Waals surface area contributed by atoms with Crippen LogP contribution in [0.2, 0.25) is 0 Å². The number of pyridine rings is 1. The maximum Gasteiger partial charge on any atom is 0.308 e. The molecule has 0 aliphatic carbocycles. The first kappa shape index (κ1) is 17.7. The van der Waals surface area contributed by atoms with Crippen molar-refractivity contribution in [3.8, 4) is 0 Å². The number of carbonyl (C=O) groups excluding carboxylic acids is 2. The van der Waals surface area contributed by atoms with Gasteiger partial charge in [-0.05, 0) is 37.6 Å². The number of anilines is 1. The second-order valence-electron chi connectivity index (χ2n) is 6.44. The van der Waals surface area contributed by atoms with Gasteiger partial charge in [-0.25, -0.2) is 0 Å². The Morgan fingerprint density at radius 3 is 2.62 bits per heavy atom. The molecule has 2 aromatic rings. The van der Waals surface area contributed by atoms with E-state index >= 15 is 0 Å². The second-order valence-corrected chi connectivity index (χ2v) is 6.44. The number of aromatic nitrogens is 2. The molecule has 8 heteroatoms. The summed E-state index contributed by atoms with van der Waals surface area (Å²) in [5.74, 6) is -3.02. The van der Waals surface area contributed by atoms with Gasteiger partial charge in [0.05, 0.1) is 23.7 Å². The zero-order valence-electron chi connectivity index (χ0n) is 14.3. The van der Waals surface area contributed by atoms with Gasteiger partial charge in [-0.1, -0.05) is 0 Å². The first-order chi connectivity index (χ1) is 12.4. The fraction of sp³-hybridized carbons (Fsp3) is 0.333. The molecule has 1 saturated heterocycles. The molecule has 1 aliphatic heterocycles. The zero-order valence-corrected chi connectivity index (χ0v) is 14.3. The Morgan fingerprint density at radius 2 is 2.00 bits per heavy atom. The molecule has 0 bridgehead atoms. The number of nitrogens with zero attached hydrogens (tertiary/aromatic N) is 2. The van der Waals surface area contributed by atoms with Gasteiger partial charge in [-0.15, -0.1) is 0 Å². The minimum absolute atomic E-state index is 0.0864. The standard InChI is InChI=1S/C18H20N4O4/c1-11-4-5-14(8-20-11)21-16(23)12-7-13(18(25)26)10-22(9-12)17(24)15-3-2-6-19-15/h2-6,8,12-13,19H,7,9-10H2,1H3,(H,21,23)(H,25,26)/t12-,13+/m1/s1. The molecule has 3 rings (SSSR count). The van der Waals surface area contributed by atoms with E-state index in [9.17, 15) is 19.5 Å². The van der Waals surface area contributed by atoms with Crippen molar-refractivity contribution < 1.29 is 19.5 Å². The van der Waals surface area contributed by atoms with Crippen molar-refractivity contribution in [2.75, 3.05) is 18.4 Å². The van der Waals surface area contributed by atoms with Gasteiger partial charge in [-0.3, -0.25) is 19.4 Å². The third kappa shape index (κ3) is 3.90. The number of H-pyrrole nitrogens is 1. The Kier molecular flexibility index (Phi) is 5.01. The normalized spacial score (nSPS) is 19.8. The van der Waals surface area contributed by atoms with Crippen LogP contribution < -0.4 is 5.32 Å². The summed E-state index contributed by atoms with van der Waals surface area (Å²) in [7, 11) is 0. The molecule has 0 radical (unpaired) electrons. The van der Waals surface area contributed by atoms with Crippen molar-refractivity contribution in [1.29, 1.82) is 0 Å². The summed E-state index contributed by atoms with van der Waals surface area (Å²) in [5, 5.41) is 12.2. The van der Waals surface area contributed by atoms with Crippen LogP contribution in [0.3, 0.4) is 0 Å². The fourth-order valence-electron chi connectivity index (χ4n) is 3.05. The van der Waals surface area contributed by atoms with Crippen LogP contribution in [0.25, 0.3) is 0 Å². The first-order valence-corrected chi connectivity index (χ1v) is 8.33. The lowest BCUT2D eigenvalue weighted by Crippen LogP contribution is -2.49. The van der Waals surface area contributed by atoms with Gasteiger partial charge < -0.3 is 20.3 Å². The molecule has 0 saturated carbocycles. The van der Waals surface area contributed by atoms with Crippen molar-refractivity contribution in [3.63, 3.8) is 0 Å². The quantitative estimate of drug-likeness (QED) is 0.768. The summed E-state index contributed by atoms with van der Waals surface area (Å²) in [6.45, 7) is 2.10. The van der Waals surface area contributed by atoms with E-state index in [1.54, 1.807) is 36.7 Å². The van der Waals surface area contributed by atoms with E-state index in [-0.39, 0.29) is 31.3 Å². The van der Waals surface area contributed by atoms with Crippen molar-refractivity contribution in [2.45, 2.75) is 13.3 Å². The molecule has 26 heavy (non-hydrogen) atoms. The van der Waals surface area contributed by atoms with E-state index in [2.05, 4.69) is 15.3 Å². The fourth-order valence-corrected chi connectivity index (χ4v) is 3.05. The Morgan fingerprint density at radius 1 is 1.23 bits per heavy atom.